The third-order valence-electron chi connectivity index (χ3n) is 3.95. The summed E-state index contributed by atoms with van der Waals surface area (Å²) in [6.07, 6.45) is 1.12. The Balaban J connectivity index is 2.08. The van der Waals surface area contributed by atoms with Crippen LogP contribution in [0.3, 0.4) is 0 Å². The van der Waals surface area contributed by atoms with Gasteiger partial charge in [-0.3, -0.25) is 4.79 Å². The highest BCUT2D eigenvalue weighted by molar-refractivity contribution is 6.01. The Kier molecular flexibility index (Phi) is 3.01. The molecule has 1 aromatic rings. The highest BCUT2D eigenvalue weighted by Crippen LogP contribution is 2.41. The van der Waals surface area contributed by atoms with E-state index in [4.69, 9.17) is 0 Å². The second-order valence-electron chi connectivity index (χ2n) is 6.46. The normalized spacial score (nSPS) is 24.2. The zero-order valence-electron chi connectivity index (χ0n) is 12.1. The van der Waals surface area contributed by atoms with Gasteiger partial charge in [0.2, 0.25) is 0 Å². The Morgan fingerprint density at radius 2 is 2.00 bits per heavy atom. The number of Topliss-reactive ketones (excluding diaryl/α,β-unsaturated/α-hetero) is 1. The van der Waals surface area contributed by atoms with Crippen molar-refractivity contribution in [1.82, 2.24) is 10.6 Å². The number of phenolic OH excluding ortho intramolecular Hbond substituents is 1. The second-order valence-corrected chi connectivity index (χ2v) is 6.46. The maximum Gasteiger partial charge on any atom is 0.319 e. The lowest BCUT2D eigenvalue weighted by atomic mass is 9.73. The molecule has 2 aliphatic rings. The van der Waals surface area contributed by atoms with Crippen LogP contribution < -0.4 is 10.6 Å². The van der Waals surface area contributed by atoms with Crippen LogP contribution in [0.1, 0.15) is 38.3 Å². The fraction of sp³-hybridized carbons (Fsp3) is 0.375. The molecule has 110 valence electrons. The number of nitrogens with one attached hydrogen (secondary N) is 2. The maximum atomic E-state index is 12.5. The highest BCUT2D eigenvalue weighted by Gasteiger charge is 2.40. The van der Waals surface area contributed by atoms with Crippen LogP contribution >= 0.6 is 0 Å². The number of carbonyl (C=O) groups is 2. The molecular weight excluding hydrogens is 268 g/mol. The van der Waals surface area contributed by atoms with Crippen molar-refractivity contribution in [2.24, 2.45) is 5.41 Å². The minimum absolute atomic E-state index is 0.0436. The number of carbonyl (C=O) groups excluding carboxylic acids is 2. The quantitative estimate of drug-likeness (QED) is 0.741. The third kappa shape index (κ3) is 2.51. The molecule has 5 nitrogen and oxygen atoms in total. The number of hydrogen-bond acceptors (Lipinski definition) is 3. The summed E-state index contributed by atoms with van der Waals surface area (Å²) in [5.74, 6) is 0.160. The molecule has 0 saturated heterocycles. The lowest BCUT2D eigenvalue weighted by Crippen LogP contribution is -2.48. The van der Waals surface area contributed by atoms with Crippen molar-refractivity contribution < 1.29 is 14.7 Å². The minimum Gasteiger partial charge on any atom is -0.508 e. The number of aromatic hydroxyl groups is 1. The molecule has 0 aromatic heterocycles. The van der Waals surface area contributed by atoms with Crippen LogP contribution in [-0.2, 0) is 4.79 Å². The minimum atomic E-state index is -0.496. The predicted molar refractivity (Wildman–Crippen MR) is 77.6 cm³/mol. The van der Waals surface area contributed by atoms with Crippen LogP contribution in [0.15, 0.2) is 35.5 Å². The van der Waals surface area contributed by atoms with Crippen LogP contribution in [0.2, 0.25) is 0 Å². The van der Waals surface area contributed by atoms with Crippen LogP contribution in [0.5, 0.6) is 5.75 Å². The van der Waals surface area contributed by atoms with Gasteiger partial charge in [-0.15, -0.1) is 0 Å². The first-order chi connectivity index (χ1) is 9.85. The summed E-state index contributed by atoms with van der Waals surface area (Å²) in [4.78, 5) is 24.4. The summed E-state index contributed by atoms with van der Waals surface area (Å²) >= 11 is 0. The molecule has 5 heteroatoms. The summed E-state index contributed by atoms with van der Waals surface area (Å²) in [5.41, 5.74) is 1.88. The van der Waals surface area contributed by atoms with Crippen molar-refractivity contribution >= 4 is 11.8 Å². The van der Waals surface area contributed by atoms with E-state index < -0.39 is 6.04 Å². The summed E-state index contributed by atoms with van der Waals surface area (Å²) in [6, 6.07) is 5.84. The van der Waals surface area contributed by atoms with Gasteiger partial charge in [0.25, 0.3) is 0 Å². The summed E-state index contributed by atoms with van der Waals surface area (Å²) < 4.78 is 0. The number of phenols is 1. The van der Waals surface area contributed by atoms with E-state index in [1.54, 1.807) is 24.3 Å². The molecule has 0 saturated carbocycles. The van der Waals surface area contributed by atoms with Gasteiger partial charge in [0, 0.05) is 17.7 Å². The van der Waals surface area contributed by atoms with Crippen LogP contribution in [0, 0.1) is 5.41 Å². The number of rotatable bonds is 1. The van der Waals surface area contributed by atoms with Gasteiger partial charge < -0.3 is 15.7 Å². The van der Waals surface area contributed by atoms with Gasteiger partial charge in [-0.2, -0.15) is 0 Å². The van der Waals surface area contributed by atoms with E-state index in [2.05, 4.69) is 10.6 Å². The van der Waals surface area contributed by atoms with E-state index in [0.717, 1.165) is 0 Å². The highest BCUT2D eigenvalue weighted by atomic mass is 16.3. The van der Waals surface area contributed by atoms with Crippen molar-refractivity contribution in [3.63, 3.8) is 0 Å². The Bertz CT molecular complexity index is 661. The fourth-order valence-electron chi connectivity index (χ4n) is 3.11. The molecule has 2 amide bonds. The van der Waals surface area contributed by atoms with Gasteiger partial charge in [-0.1, -0.05) is 26.0 Å². The zero-order valence-corrected chi connectivity index (χ0v) is 12.1. The van der Waals surface area contributed by atoms with E-state index in [1.807, 2.05) is 13.8 Å². The largest absolute Gasteiger partial charge is 0.508 e. The molecule has 1 heterocycles. The molecule has 0 fully saturated rings. The SMILES string of the molecule is CC1(C)CC(=O)C2=C(C1)NC(=O)NC2c1cccc(O)c1. The molecule has 3 N–H and O–H groups in total. The topological polar surface area (TPSA) is 78.4 Å². The molecule has 1 atom stereocenters. The van der Waals surface area contributed by atoms with E-state index in [9.17, 15) is 14.7 Å². The first-order valence-electron chi connectivity index (χ1n) is 6.98. The molecule has 21 heavy (non-hydrogen) atoms. The number of amides is 2. The van der Waals surface area contributed by atoms with E-state index in [-0.39, 0.29) is 23.0 Å². The summed E-state index contributed by atoms with van der Waals surface area (Å²) in [5, 5.41) is 15.2. The number of benzene rings is 1. The molecule has 1 aliphatic heterocycles. The van der Waals surface area contributed by atoms with Gasteiger partial charge in [-0.25, -0.2) is 4.79 Å². The smallest absolute Gasteiger partial charge is 0.319 e. The maximum absolute atomic E-state index is 12.5. The standard InChI is InChI=1S/C16H18N2O3/c1-16(2)7-11-13(12(20)8-16)14(18-15(21)17-11)9-4-3-5-10(19)6-9/h3-6,14,19H,7-8H2,1-2H3,(H2,17,18,21). The lowest BCUT2D eigenvalue weighted by Gasteiger charge is -2.38. The van der Waals surface area contributed by atoms with Crippen LogP contribution in [-0.4, -0.2) is 16.9 Å². The van der Waals surface area contributed by atoms with Crippen molar-refractivity contribution in [1.29, 1.82) is 0 Å². The Morgan fingerprint density at radius 3 is 2.71 bits per heavy atom. The number of allylic oxidation sites excluding steroid dienone is 1. The number of urea groups is 1. The summed E-state index contributed by atoms with van der Waals surface area (Å²) in [6.45, 7) is 4.04. The molecule has 0 bridgehead atoms. The monoisotopic (exact) mass is 286 g/mol. The van der Waals surface area contributed by atoms with Crippen molar-refractivity contribution in [3.8, 4) is 5.75 Å². The van der Waals surface area contributed by atoms with Crippen molar-refractivity contribution in [2.75, 3.05) is 0 Å². The lowest BCUT2D eigenvalue weighted by molar-refractivity contribution is -0.118. The zero-order chi connectivity index (χ0) is 15.2. The van der Waals surface area contributed by atoms with E-state index in [0.29, 0.717) is 29.7 Å². The first-order valence-corrected chi connectivity index (χ1v) is 6.98. The van der Waals surface area contributed by atoms with Crippen LogP contribution in [0.25, 0.3) is 0 Å². The van der Waals surface area contributed by atoms with Crippen LogP contribution in [0.4, 0.5) is 4.79 Å². The molecule has 3 rings (SSSR count). The van der Waals surface area contributed by atoms with Gasteiger partial charge in [0.1, 0.15) is 5.75 Å². The van der Waals surface area contributed by atoms with Crippen molar-refractivity contribution in [2.45, 2.75) is 32.7 Å². The Morgan fingerprint density at radius 1 is 1.24 bits per heavy atom. The number of ketones is 1. The average Bonchev–Trinajstić information content (AvgIpc) is 2.35. The average molecular weight is 286 g/mol. The molecule has 1 aromatic carbocycles. The third-order valence-corrected chi connectivity index (χ3v) is 3.95. The fourth-order valence-corrected chi connectivity index (χ4v) is 3.11. The predicted octanol–water partition coefficient (Wildman–Crippen LogP) is 2.39. The molecule has 1 aliphatic carbocycles. The van der Waals surface area contributed by atoms with Gasteiger partial charge in [0.05, 0.1) is 6.04 Å². The van der Waals surface area contributed by atoms with Crippen molar-refractivity contribution in [3.05, 3.63) is 41.1 Å². The Labute approximate surface area is 123 Å². The Hall–Kier alpha value is -2.30. The summed E-state index contributed by atoms with van der Waals surface area (Å²) in [7, 11) is 0. The molecule has 0 spiro atoms. The van der Waals surface area contributed by atoms with E-state index >= 15 is 0 Å². The van der Waals surface area contributed by atoms with Gasteiger partial charge in [-0.05, 0) is 29.5 Å². The molecule has 0 radical (unpaired) electrons. The number of hydrogen-bond donors (Lipinski definition) is 3. The van der Waals surface area contributed by atoms with Gasteiger partial charge >= 0.3 is 6.03 Å². The molecular formula is C16H18N2O3. The second kappa shape index (κ2) is 4.62. The van der Waals surface area contributed by atoms with E-state index in [1.165, 1.54) is 0 Å². The molecule has 1 unspecified atom stereocenters. The first kappa shape index (κ1) is 13.7. The van der Waals surface area contributed by atoms with Gasteiger partial charge in [0.15, 0.2) is 5.78 Å².